The molecule has 0 heterocycles. The minimum Gasteiger partial charge on any atom is -0.494 e. The third-order valence-corrected chi connectivity index (χ3v) is 2.48. The number of benzene rings is 1. The fourth-order valence-corrected chi connectivity index (χ4v) is 1.54. The van der Waals surface area contributed by atoms with Gasteiger partial charge in [0.25, 0.3) is 0 Å². The molecule has 0 bridgehead atoms. The van der Waals surface area contributed by atoms with Crippen molar-refractivity contribution >= 4 is 5.91 Å². The van der Waals surface area contributed by atoms with Crippen LogP contribution in [0.3, 0.4) is 0 Å². The molecule has 1 atom stereocenters. The molecule has 0 aliphatic carbocycles. The van der Waals surface area contributed by atoms with E-state index in [1.165, 1.54) is 0 Å². The first-order valence-electron chi connectivity index (χ1n) is 5.99. The van der Waals surface area contributed by atoms with E-state index >= 15 is 0 Å². The van der Waals surface area contributed by atoms with E-state index in [1.807, 2.05) is 31.2 Å². The highest BCUT2D eigenvalue weighted by molar-refractivity contribution is 5.79. The van der Waals surface area contributed by atoms with Crippen LogP contribution in [0.25, 0.3) is 0 Å². The number of ether oxygens (including phenoxy) is 2. The third-order valence-electron chi connectivity index (χ3n) is 2.48. The Labute approximate surface area is 107 Å². The average Bonchev–Trinajstić information content (AvgIpc) is 2.35. The molecule has 3 N–H and O–H groups in total. The van der Waals surface area contributed by atoms with E-state index in [0.717, 1.165) is 11.5 Å². The van der Waals surface area contributed by atoms with Crippen LogP contribution in [-0.4, -0.2) is 32.2 Å². The largest absolute Gasteiger partial charge is 0.494 e. The fraction of sp³-hybridized carbons (Fsp3) is 0.462. The van der Waals surface area contributed by atoms with Gasteiger partial charge in [0.1, 0.15) is 11.5 Å². The summed E-state index contributed by atoms with van der Waals surface area (Å²) in [7, 11) is 1.70. The number of hydrogen-bond donors (Lipinski definition) is 2. The first-order valence-corrected chi connectivity index (χ1v) is 5.99. The highest BCUT2D eigenvalue weighted by atomic mass is 16.5. The normalized spacial score (nSPS) is 11.9. The Hall–Kier alpha value is -1.75. The SMILES string of the molecule is CCOc1cccc(OCCC(NC)C(N)=O)c1. The van der Waals surface area contributed by atoms with Gasteiger partial charge in [0.15, 0.2) is 0 Å². The van der Waals surface area contributed by atoms with Gasteiger partial charge < -0.3 is 20.5 Å². The number of likely N-dealkylation sites (N-methyl/N-ethyl adjacent to an activating group) is 1. The van der Waals surface area contributed by atoms with Gasteiger partial charge in [-0.25, -0.2) is 0 Å². The molecule has 0 fully saturated rings. The summed E-state index contributed by atoms with van der Waals surface area (Å²) in [5, 5.41) is 2.84. The van der Waals surface area contributed by atoms with Crippen LogP contribution in [0.15, 0.2) is 24.3 Å². The van der Waals surface area contributed by atoms with Crippen LogP contribution in [0, 0.1) is 0 Å². The van der Waals surface area contributed by atoms with Crippen LogP contribution >= 0.6 is 0 Å². The zero-order chi connectivity index (χ0) is 13.4. The lowest BCUT2D eigenvalue weighted by molar-refractivity contribution is -0.120. The number of hydrogen-bond acceptors (Lipinski definition) is 4. The van der Waals surface area contributed by atoms with E-state index in [1.54, 1.807) is 7.05 Å². The van der Waals surface area contributed by atoms with Crippen molar-refractivity contribution in [2.75, 3.05) is 20.3 Å². The lowest BCUT2D eigenvalue weighted by Gasteiger charge is -2.13. The van der Waals surface area contributed by atoms with Gasteiger partial charge in [0.05, 0.1) is 19.3 Å². The van der Waals surface area contributed by atoms with Crippen LogP contribution in [0.5, 0.6) is 11.5 Å². The Morgan fingerprint density at radius 1 is 1.39 bits per heavy atom. The van der Waals surface area contributed by atoms with Gasteiger partial charge >= 0.3 is 0 Å². The molecule has 100 valence electrons. The number of primary amides is 1. The van der Waals surface area contributed by atoms with Crippen molar-refractivity contribution in [3.05, 3.63) is 24.3 Å². The first kappa shape index (κ1) is 14.3. The Balaban J connectivity index is 2.43. The molecule has 0 aliphatic heterocycles. The van der Waals surface area contributed by atoms with Crippen molar-refractivity contribution in [3.8, 4) is 11.5 Å². The zero-order valence-corrected chi connectivity index (χ0v) is 10.8. The van der Waals surface area contributed by atoms with E-state index in [-0.39, 0.29) is 11.9 Å². The monoisotopic (exact) mass is 252 g/mol. The molecule has 1 aromatic rings. The van der Waals surface area contributed by atoms with Crippen LogP contribution in [0.2, 0.25) is 0 Å². The van der Waals surface area contributed by atoms with Gasteiger partial charge in [0.2, 0.25) is 5.91 Å². The molecule has 0 aromatic heterocycles. The highest BCUT2D eigenvalue weighted by Crippen LogP contribution is 2.19. The summed E-state index contributed by atoms with van der Waals surface area (Å²) in [4.78, 5) is 11.0. The zero-order valence-electron chi connectivity index (χ0n) is 10.8. The Morgan fingerprint density at radius 3 is 2.61 bits per heavy atom. The van der Waals surface area contributed by atoms with Gasteiger partial charge in [-0.3, -0.25) is 4.79 Å². The van der Waals surface area contributed by atoms with Crippen LogP contribution in [0.1, 0.15) is 13.3 Å². The van der Waals surface area contributed by atoms with Crippen molar-refractivity contribution in [1.82, 2.24) is 5.32 Å². The maximum atomic E-state index is 11.0. The standard InChI is InChI=1S/C13H20N2O3/c1-3-17-10-5-4-6-11(9-10)18-8-7-12(15-2)13(14)16/h4-6,9,12,15H,3,7-8H2,1-2H3,(H2,14,16). The van der Waals surface area contributed by atoms with Gasteiger partial charge in [-0.15, -0.1) is 0 Å². The molecule has 5 heteroatoms. The number of rotatable bonds is 8. The predicted octanol–water partition coefficient (Wildman–Crippen LogP) is 0.927. The van der Waals surface area contributed by atoms with E-state index < -0.39 is 0 Å². The molecule has 1 aromatic carbocycles. The molecule has 0 radical (unpaired) electrons. The molecule has 0 spiro atoms. The quantitative estimate of drug-likeness (QED) is 0.721. The highest BCUT2D eigenvalue weighted by Gasteiger charge is 2.12. The topological polar surface area (TPSA) is 73.6 Å². The summed E-state index contributed by atoms with van der Waals surface area (Å²) < 4.78 is 10.9. The summed E-state index contributed by atoms with van der Waals surface area (Å²) >= 11 is 0. The van der Waals surface area contributed by atoms with E-state index in [9.17, 15) is 4.79 Å². The molecule has 1 unspecified atom stereocenters. The molecule has 18 heavy (non-hydrogen) atoms. The summed E-state index contributed by atoms with van der Waals surface area (Å²) in [6, 6.07) is 7.05. The lowest BCUT2D eigenvalue weighted by atomic mass is 10.2. The molecule has 0 aliphatic rings. The van der Waals surface area contributed by atoms with Gasteiger partial charge in [-0.05, 0) is 26.1 Å². The average molecular weight is 252 g/mol. The molecule has 0 saturated carbocycles. The van der Waals surface area contributed by atoms with Crippen molar-refractivity contribution in [1.29, 1.82) is 0 Å². The second-order valence-corrected chi connectivity index (χ2v) is 3.79. The minimum atomic E-state index is -0.371. The molecule has 1 amide bonds. The minimum absolute atomic E-state index is 0.361. The molecule has 5 nitrogen and oxygen atoms in total. The summed E-state index contributed by atoms with van der Waals surface area (Å²) in [5.41, 5.74) is 5.21. The number of nitrogens with one attached hydrogen (secondary N) is 1. The summed E-state index contributed by atoms with van der Waals surface area (Å²) in [5.74, 6) is 1.12. The van der Waals surface area contributed by atoms with Crippen molar-refractivity contribution in [2.24, 2.45) is 5.73 Å². The van der Waals surface area contributed by atoms with Gasteiger partial charge in [0, 0.05) is 12.5 Å². The second-order valence-electron chi connectivity index (χ2n) is 3.79. The first-order chi connectivity index (χ1) is 8.67. The van der Waals surface area contributed by atoms with E-state index in [0.29, 0.717) is 19.6 Å². The van der Waals surface area contributed by atoms with Crippen LogP contribution < -0.4 is 20.5 Å². The predicted molar refractivity (Wildman–Crippen MR) is 69.8 cm³/mol. The smallest absolute Gasteiger partial charge is 0.234 e. The van der Waals surface area contributed by atoms with Crippen LogP contribution in [-0.2, 0) is 4.79 Å². The number of nitrogens with two attached hydrogens (primary N) is 1. The Morgan fingerprint density at radius 2 is 2.06 bits per heavy atom. The Bertz CT molecular complexity index is 382. The van der Waals surface area contributed by atoms with Gasteiger partial charge in [-0.1, -0.05) is 6.07 Å². The maximum absolute atomic E-state index is 11.0. The summed E-state index contributed by atoms with van der Waals surface area (Å²) in [6.07, 6.45) is 0.532. The van der Waals surface area contributed by atoms with Crippen molar-refractivity contribution in [2.45, 2.75) is 19.4 Å². The number of carbonyl (C=O) groups is 1. The molecular weight excluding hydrogens is 232 g/mol. The molecular formula is C13H20N2O3. The van der Waals surface area contributed by atoms with Crippen molar-refractivity contribution < 1.29 is 14.3 Å². The fourth-order valence-electron chi connectivity index (χ4n) is 1.54. The number of amides is 1. The third kappa shape index (κ3) is 4.63. The van der Waals surface area contributed by atoms with Crippen LogP contribution in [0.4, 0.5) is 0 Å². The summed E-state index contributed by atoms with van der Waals surface area (Å²) in [6.45, 7) is 2.97. The number of carbonyl (C=O) groups excluding carboxylic acids is 1. The lowest BCUT2D eigenvalue weighted by Crippen LogP contribution is -2.40. The van der Waals surface area contributed by atoms with Gasteiger partial charge in [-0.2, -0.15) is 0 Å². The maximum Gasteiger partial charge on any atom is 0.234 e. The molecule has 0 saturated heterocycles. The second kappa shape index (κ2) is 7.55. The van der Waals surface area contributed by atoms with E-state index in [4.69, 9.17) is 15.2 Å². The van der Waals surface area contributed by atoms with Crippen molar-refractivity contribution in [3.63, 3.8) is 0 Å². The van der Waals surface area contributed by atoms with E-state index in [2.05, 4.69) is 5.32 Å². The Kier molecular flexibility index (Phi) is 6.00. The molecule has 1 rings (SSSR count).